The van der Waals surface area contributed by atoms with E-state index in [1.165, 1.54) is 0 Å². The second kappa shape index (κ2) is 7.98. The number of hydrogen-bond acceptors (Lipinski definition) is 7. The van der Waals surface area contributed by atoms with Crippen LogP contribution in [0, 0.1) is 0 Å². The Hall–Kier alpha value is -1.45. The van der Waals surface area contributed by atoms with Crippen LogP contribution in [0.1, 0.15) is 13.3 Å². The van der Waals surface area contributed by atoms with E-state index in [1.807, 2.05) is 6.92 Å². The predicted octanol–water partition coefficient (Wildman–Crippen LogP) is 2.37. The number of alkyl halides is 3. The summed E-state index contributed by atoms with van der Waals surface area (Å²) in [5, 5.41) is 5.44. The number of rotatable bonds is 8. The molecule has 0 spiro atoms. The third-order valence-corrected chi connectivity index (χ3v) is 2.66. The summed E-state index contributed by atoms with van der Waals surface area (Å²) in [6, 6.07) is 0.136. The fraction of sp³-hybridized carbons (Fsp3) is 0.700. The van der Waals surface area contributed by atoms with Crippen LogP contribution in [-0.4, -0.2) is 46.4 Å². The number of nitrogens with one attached hydrogen (secondary N) is 2. The molecule has 0 atom stereocenters. The van der Waals surface area contributed by atoms with Gasteiger partial charge in [-0.1, -0.05) is 6.92 Å². The second-order valence-electron chi connectivity index (χ2n) is 3.58. The molecule has 10 heteroatoms. The summed E-state index contributed by atoms with van der Waals surface area (Å²) in [7, 11) is 1.63. The van der Waals surface area contributed by atoms with Crippen LogP contribution in [0.4, 0.5) is 25.1 Å². The lowest BCUT2D eigenvalue weighted by Crippen LogP contribution is -2.13. The third kappa shape index (κ3) is 6.64. The smallest absolute Gasteiger partial charge is 0.441 e. The zero-order valence-electron chi connectivity index (χ0n) is 11.1. The molecule has 114 valence electrons. The molecule has 0 fully saturated rings. The van der Waals surface area contributed by atoms with Crippen LogP contribution in [0.2, 0.25) is 0 Å². The first-order chi connectivity index (χ1) is 9.44. The van der Waals surface area contributed by atoms with Crippen LogP contribution in [-0.2, 0) is 0 Å². The Bertz CT molecular complexity index is 418. The first kappa shape index (κ1) is 16.6. The Labute approximate surface area is 118 Å². The van der Waals surface area contributed by atoms with Crippen LogP contribution >= 0.6 is 11.8 Å². The average molecular weight is 311 g/mol. The first-order valence-electron chi connectivity index (χ1n) is 5.95. The molecule has 2 N–H and O–H groups in total. The Morgan fingerprint density at radius 3 is 2.50 bits per heavy atom. The molecule has 0 aliphatic heterocycles. The van der Waals surface area contributed by atoms with E-state index in [4.69, 9.17) is 4.74 Å². The topological polar surface area (TPSA) is 72.0 Å². The lowest BCUT2D eigenvalue weighted by molar-refractivity contribution is -0.0327. The number of nitrogens with zero attached hydrogens (tertiary/aromatic N) is 3. The van der Waals surface area contributed by atoms with Gasteiger partial charge in [-0.25, -0.2) is 0 Å². The van der Waals surface area contributed by atoms with Crippen molar-refractivity contribution in [3.8, 4) is 6.01 Å². The zero-order chi connectivity index (χ0) is 15.0. The van der Waals surface area contributed by atoms with Crippen LogP contribution in [0.25, 0.3) is 0 Å². The second-order valence-corrected chi connectivity index (χ2v) is 4.74. The van der Waals surface area contributed by atoms with Gasteiger partial charge in [0.05, 0.1) is 6.61 Å². The zero-order valence-corrected chi connectivity index (χ0v) is 11.9. The molecule has 20 heavy (non-hydrogen) atoms. The third-order valence-electron chi connectivity index (χ3n) is 1.92. The number of anilines is 2. The molecule has 0 saturated carbocycles. The molecule has 1 rings (SSSR count). The number of aromatic nitrogens is 3. The fourth-order valence-electron chi connectivity index (χ4n) is 1.13. The predicted molar refractivity (Wildman–Crippen MR) is 72.2 cm³/mol. The van der Waals surface area contributed by atoms with Gasteiger partial charge in [-0.15, -0.1) is 0 Å². The van der Waals surface area contributed by atoms with E-state index in [9.17, 15) is 13.2 Å². The number of ether oxygens (including phenoxy) is 1. The van der Waals surface area contributed by atoms with Gasteiger partial charge in [0.1, 0.15) is 0 Å². The van der Waals surface area contributed by atoms with Gasteiger partial charge in [-0.2, -0.15) is 28.1 Å². The van der Waals surface area contributed by atoms with Crippen molar-refractivity contribution in [2.45, 2.75) is 18.9 Å². The van der Waals surface area contributed by atoms with E-state index in [1.54, 1.807) is 7.05 Å². The first-order valence-corrected chi connectivity index (χ1v) is 6.94. The fourth-order valence-corrected chi connectivity index (χ4v) is 1.57. The SMILES string of the molecule is CCCOc1nc(NC)nc(NCCSC(F)(F)F)n1. The Kier molecular flexibility index (Phi) is 6.62. The number of thioether (sulfide) groups is 1. The molecule has 1 aromatic rings. The van der Waals surface area contributed by atoms with Crippen molar-refractivity contribution in [2.24, 2.45) is 0 Å². The maximum absolute atomic E-state index is 12.0. The summed E-state index contributed by atoms with van der Waals surface area (Å²) >= 11 is -0.0997. The highest BCUT2D eigenvalue weighted by atomic mass is 32.2. The van der Waals surface area contributed by atoms with E-state index >= 15 is 0 Å². The van der Waals surface area contributed by atoms with Crippen molar-refractivity contribution in [3.63, 3.8) is 0 Å². The van der Waals surface area contributed by atoms with Crippen LogP contribution in [0.15, 0.2) is 0 Å². The minimum atomic E-state index is -4.23. The highest BCUT2D eigenvalue weighted by Gasteiger charge is 2.27. The van der Waals surface area contributed by atoms with Gasteiger partial charge >= 0.3 is 11.5 Å². The maximum Gasteiger partial charge on any atom is 0.441 e. The maximum atomic E-state index is 12.0. The summed E-state index contributed by atoms with van der Waals surface area (Å²) in [5.41, 5.74) is -4.23. The molecule has 0 aliphatic rings. The van der Waals surface area contributed by atoms with Crippen LogP contribution in [0.3, 0.4) is 0 Å². The number of hydrogen-bond donors (Lipinski definition) is 2. The van der Waals surface area contributed by atoms with Crippen molar-refractivity contribution in [1.29, 1.82) is 0 Å². The molecule has 1 heterocycles. The summed E-state index contributed by atoms with van der Waals surface area (Å²) in [6.45, 7) is 2.48. The van der Waals surface area contributed by atoms with Gasteiger partial charge in [0.15, 0.2) is 0 Å². The normalized spacial score (nSPS) is 11.2. The van der Waals surface area contributed by atoms with E-state index < -0.39 is 5.51 Å². The Balaban J connectivity index is 2.55. The van der Waals surface area contributed by atoms with Gasteiger partial charge in [0, 0.05) is 19.3 Å². The minimum absolute atomic E-state index is 0.0879. The average Bonchev–Trinajstić information content (AvgIpc) is 2.40. The monoisotopic (exact) mass is 311 g/mol. The van der Waals surface area contributed by atoms with Crippen molar-refractivity contribution in [2.75, 3.05) is 36.6 Å². The summed E-state index contributed by atoms with van der Waals surface area (Å²) < 4.78 is 41.2. The van der Waals surface area contributed by atoms with Gasteiger partial charge in [0.2, 0.25) is 11.9 Å². The molecule has 0 bridgehead atoms. The molecule has 0 aromatic carbocycles. The van der Waals surface area contributed by atoms with Gasteiger partial charge in [-0.05, 0) is 18.2 Å². The largest absolute Gasteiger partial charge is 0.463 e. The van der Waals surface area contributed by atoms with E-state index in [0.717, 1.165) is 6.42 Å². The Morgan fingerprint density at radius 1 is 1.20 bits per heavy atom. The van der Waals surface area contributed by atoms with Gasteiger partial charge < -0.3 is 15.4 Å². The highest BCUT2D eigenvalue weighted by molar-refractivity contribution is 8.00. The van der Waals surface area contributed by atoms with Gasteiger partial charge in [-0.3, -0.25) is 0 Å². The highest BCUT2D eigenvalue weighted by Crippen LogP contribution is 2.29. The van der Waals surface area contributed by atoms with Crippen molar-refractivity contribution in [1.82, 2.24) is 15.0 Å². The Morgan fingerprint density at radius 2 is 1.90 bits per heavy atom. The minimum Gasteiger partial charge on any atom is -0.463 e. The molecular formula is C10H16F3N5OS. The molecule has 1 aromatic heterocycles. The molecule has 6 nitrogen and oxygen atoms in total. The summed E-state index contributed by atoms with van der Waals surface area (Å²) in [5.74, 6) is 0.338. The molecule has 0 amide bonds. The standard InChI is InChI=1S/C10H16F3N5OS/c1-3-5-19-9-17-7(14-2)16-8(18-9)15-4-6-20-10(11,12)13/h3-6H2,1-2H3,(H2,14,15,16,17,18). The lowest BCUT2D eigenvalue weighted by Gasteiger charge is -2.09. The van der Waals surface area contributed by atoms with Gasteiger partial charge in [0.25, 0.3) is 0 Å². The quantitative estimate of drug-likeness (QED) is 0.714. The van der Waals surface area contributed by atoms with Crippen molar-refractivity contribution < 1.29 is 17.9 Å². The van der Waals surface area contributed by atoms with Crippen LogP contribution < -0.4 is 15.4 Å². The lowest BCUT2D eigenvalue weighted by atomic mass is 10.5. The summed E-state index contributed by atoms with van der Waals surface area (Å²) in [6.07, 6.45) is 0.797. The molecule has 0 unspecified atom stereocenters. The number of halogens is 3. The molecule has 0 saturated heterocycles. The molecule has 0 aliphatic carbocycles. The van der Waals surface area contributed by atoms with E-state index in [-0.39, 0.29) is 42.0 Å². The van der Waals surface area contributed by atoms with E-state index in [0.29, 0.717) is 6.61 Å². The molecule has 0 radical (unpaired) electrons. The molecular weight excluding hydrogens is 295 g/mol. The van der Waals surface area contributed by atoms with Crippen molar-refractivity contribution in [3.05, 3.63) is 0 Å². The van der Waals surface area contributed by atoms with Crippen LogP contribution in [0.5, 0.6) is 6.01 Å². The van der Waals surface area contributed by atoms with Crippen molar-refractivity contribution >= 4 is 23.7 Å². The summed E-state index contributed by atoms with van der Waals surface area (Å²) in [4.78, 5) is 11.9. The van der Waals surface area contributed by atoms with E-state index in [2.05, 4.69) is 25.6 Å².